The van der Waals surface area contributed by atoms with Gasteiger partial charge in [-0.1, -0.05) is 0 Å². The van der Waals surface area contributed by atoms with Crippen LogP contribution in [0.1, 0.15) is 74.7 Å². The van der Waals surface area contributed by atoms with E-state index < -0.39 is 0 Å². The van der Waals surface area contributed by atoms with Crippen molar-refractivity contribution >= 4 is 14.5 Å². The molecule has 0 N–H and O–H groups in total. The van der Waals surface area contributed by atoms with Crippen LogP contribution in [0.2, 0.25) is 0 Å². The Labute approximate surface area is 148 Å². The van der Waals surface area contributed by atoms with Crippen LogP contribution in [0, 0.1) is 5.92 Å². The van der Waals surface area contributed by atoms with Gasteiger partial charge in [0.15, 0.2) is 0 Å². The molecule has 1 fully saturated rings. The third-order valence-corrected chi connectivity index (χ3v) is 7.87. The summed E-state index contributed by atoms with van der Waals surface area (Å²) in [7, 11) is 0. The fraction of sp³-hybridized carbons (Fsp3) is 0.545. The van der Waals surface area contributed by atoms with Crippen LogP contribution in [0.4, 0.5) is 0 Å². The Balaban J connectivity index is 1.63. The number of rotatable bonds is 6. The summed E-state index contributed by atoms with van der Waals surface area (Å²) in [6.45, 7) is 4.60. The van der Waals surface area contributed by atoms with Crippen molar-refractivity contribution in [2.24, 2.45) is 5.92 Å². The first-order valence-electron chi connectivity index (χ1n) is 9.49. The van der Waals surface area contributed by atoms with Crippen LogP contribution in [-0.4, -0.2) is 14.5 Å². The van der Waals surface area contributed by atoms with E-state index in [4.69, 9.17) is 0 Å². The first-order valence-corrected chi connectivity index (χ1v) is 11.2. The van der Waals surface area contributed by atoms with Crippen molar-refractivity contribution in [3.8, 4) is 10.0 Å². The molecule has 1 aliphatic carbocycles. The van der Waals surface area contributed by atoms with Gasteiger partial charge in [-0.25, -0.2) is 0 Å². The molecule has 0 spiro atoms. The molecule has 1 aromatic carbocycles. The Morgan fingerprint density at radius 1 is 0.870 bits per heavy atom. The fourth-order valence-corrected chi connectivity index (χ4v) is 6.36. The summed E-state index contributed by atoms with van der Waals surface area (Å²) < 4.78 is 3.23. The molecule has 0 radical (unpaired) electrons. The van der Waals surface area contributed by atoms with Crippen molar-refractivity contribution in [2.45, 2.75) is 71.1 Å². The van der Waals surface area contributed by atoms with Crippen LogP contribution >= 0.6 is 0 Å². The quantitative estimate of drug-likeness (QED) is 0.511. The van der Waals surface area contributed by atoms with Crippen molar-refractivity contribution in [1.29, 1.82) is 0 Å². The Hall–Kier alpha value is -0.781. The molecule has 3 rings (SSSR count). The molecule has 1 aromatic heterocycles. The van der Waals surface area contributed by atoms with Crippen LogP contribution in [0.5, 0.6) is 0 Å². The van der Waals surface area contributed by atoms with Gasteiger partial charge in [-0.3, -0.25) is 0 Å². The SMILES string of the molecule is CCCc1ccc(-c2ccc(C3CCC(CCC)CC3)cc2)[se]1. The van der Waals surface area contributed by atoms with E-state index in [0.29, 0.717) is 14.5 Å². The van der Waals surface area contributed by atoms with Gasteiger partial charge in [0.05, 0.1) is 0 Å². The van der Waals surface area contributed by atoms with E-state index in [2.05, 4.69) is 50.2 Å². The molecule has 2 aromatic rings. The van der Waals surface area contributed by atoms with Crippen LogP contribution in [0.25, 0.3) is 10.0 Å². The molecule has 23 heavy (non-hydrogen) atoms. The van der Waals surface area contributed by atoms with Crippen LogP contribution < -0.4 is 0 Å². The molecule has 0 atom stereocenters. The predicted octanol–water partition coefficient (Wildman–Crippen LogP) is 6.44. The van der Waals surface area contributed by atoms with Gasteiger partial charge in [0.1, 0.15) is 0 Å². The van der Waals surface area contributed by atoms with Gasteiger partial charge in [-0.05, 0) is 0 Å². The third-order valence-electron chi connectivity index (χ3n) is 5.37. The van der Waals surface area contributed by atoms with E-state index in [1.807, 2.05) is 0 Å². The number of aryl methyl sites for hydroxylation is 1. The second kappa shape index (κ2) is 8.36. The van der Waals surface area contributed by atoms with Crippen molar-refractivity contribution in [2.75, 3.05) is 0 Å². The van der Waals surface area contributed by atoms with E-state index in [-0.39, 0.29) is 0 Å². The minimum atomic E-state index is 0.565. The van der Waals surface area contributed by atoms with Crippen molar-refractivity contribution in [1.82, 2.24) is 0 Å². The standard InChI is InChI=1S/C22H30Se/c1-3-5-17-7-9-18(10-8-17)19-11-13-20(14-12-19)22-16-15-21(23-22)6-4-2/h11-18H,3-10H2,1-2H3. The molecule has 0 nitrogen and oxygen atoms in total. The first-order chi connectivity index (χ1) is 11.3. The maximum atomic E-state index is 2.41. The van der Waals surface area contributed by atoms with Gasteiger partial charge in [-0.2, -0.15) is 0 Å². The molecule has 0 saturated heterocycles. The normalized spacial score (nSPS) is 21.5. The first kappa shape index (κ1) is 17.1. The Morgan fingerprint density at radius 3 is 2.26 bits per heavy atom. The molecule has 0 aliphatic heterocycles. The summed E-state index contributed by atoms with van der Waals surface area (Å²) in [5, 5.41) is 0. The fourth-order valence-electron chi connectivity index (χ4n) is 4.03. The zero-order valence-corrected chi connectivity index (χ0v) is 16.4. The molecule has 124 valence electrons. The molecular weight excluding hydrogens is 343 g/mol. The molecule has 0 amide bonds. The topological polar surface area (TPSA) is 0 Å². The summed E-state index contributed by atoms with van der Waals surface area (Å²) in [5.41, 5.74) is 3.03. The van der Waals surface area contributed by atoms with Gasteiger partial charge < -0.3 is 0 Å². The van der Waals surface area contributed by atoms with E-state index in [1.54, 1.807) is 14.4 Å². The molecule has 1 heteroatoms. The van der Waals surface area contributed by atoms with Crippen LogP contribution in [0.15, 0.2) is 36.4 Å². The molecule has 1 aliphatic rings. The van der Waals surface area contributed by atoms with Crippen molar-refractivity contribution in [3.63, 3.8) is 0 Å². The minimum absolute atomic E-state index is 0.565. The number of hydrogen-bond acceptors (Lipinski definition) is 0. The average molecular weight is 373 g/mol. The van der Waals surface area contributed by atoms with Gasteiger partial charge >= 0.3 is 148 Å². The third kappa shape index (κ3) is 4.40. The maximum absolute atomic E-state index is 2.41. The Bertz CT molecular complexity index is 585. The molecule has 0 unspecified atom stereocenters. The Morgan fingerprint density at radius 2 is 1.61 bits per heavy atom. The van der Waals surface area contributed by atoms with Gasteiger partial charge in [0.2, 0.25) is 0 Å². The summed E-state index contributed by atoms with van der Waals surface area (Å²) in [5.74, 6) is 1.82. The average Bonchev–Trinajstić information content (AvgIpc) is 3.05. The monoisotopic (exact) mass is 374 g/mol. The van der Waals surface area contributed by atoms with Gasteiger partial charge in [0, 0.05) is 0 Å². The second-order valence-corrected chi connectivity index (χ2v) is 9.60. The summed E-state index contributed by atoms with van der Waals surface area (Å²) >= 11 is 0.565. The van der Waals surface area contributed by atoms with Crippen molar-refractivity contribution in [3.05, 3.63) is 46.4 Å². The van der Waals surface area contributed by atoms with Gasteiger partial charge in [0.25, 0.3) is 0 Å². The van der Waals surface area contributed by atoms with E-state index in [9.17, 15) is 0 Å². The number of benzene rings is 1. The molecule has 1 saturated carbocycles. The second-order valence-electron chi connectivity index (χ2n) is 7.14. The summed E-state index contributed by atoms with van der Waals surface area (Å²) in [6, 6.07) is 14.3. The zero-order valence-electron chi connectivity index (χ0n) is 14.7. The van der Waals surface area contributed by atoms with E-state index in [1.165, 1.54) is 56.9 Å². The molecule has 0 bridgehead atoms. The van der Waals surface area contributed by atoms with E-state index in [0.717, 1.165) is 11.8 Å². The predicted molar refractivity (Wildman–Crippen MR) is 102 cm³/mol. The summed E-state index contributed by atoms with van der Waals surface area (Å²) in [6.07, 6.45) is 11.0. The van der Waals surface area contributed by atoms with Crippen molar-refractivity contribution < 1.29 is 0 Å². The van der Waals surface area contributed by atoms with Crippen LogP contribution in [-0.2, 0) is 6.42 Å². The van der Waals surface area contributed by atoms with E-state index >= 15 is 0 Å². The zero-order chi connectivity index (χ0) is 16.1. The van der Waals surface area contributed by atoms with Gasteiger partial charge in [-0.15, -0.1) is 0 Å². The summed E-state index contributed by atoms with van der Waals surface area (Å²) in [4.78, 5) is 0. The Kier molecular flexibility index (Phi) is 6.20. The van der Waals surface area contributed by atoms with Crippen LogP contribution in [0.3, 0.4) is 0 Å². The number of hydrogen-bond donors (Lipinski definition) is 0. The molecule has 1 heterocycles. The molecular formula is C22H30Se.